The SMILES string of the molecule is [2H]c1c([2H])c([2H])c(-c2c([2H])c([2H])c([2H])c3oc4c([2H])c(-c5nc(-c6ccccc6)nc(-n6c7c([2H])c([2H])c([2H])c([2H])c7c7c8c(oc9c(-c%10ccccc%10)c([2H])c([2H])c([2H])c98)c([2H])c([2H])c76)n5)c([2H])c([2H])c4c23)c([2H])c1[2H].[2H]c1c([2H])c([2H])c(-c2cccc3oc4cc(-c5nc(-c6ccccc6)nc(-n6c7c([2H])c([2H])c([2H])c([2H])c7c7c8c(oc9c([2H])c([2H])c([2H])c([2H])c98)c(-c8ccccc8)c([2H])c76)n5)ccc4c23)c([2H])c1[2H]. The molecule has 8 aromatic heterocycles. The Morgan fingerprint density at radius 2 is 0.719 bits per heavy atom. The molecule has 0 aliphatic rings. The molecule has 0 spiro atoms. The van der Waals surface area contributed by atoms with Gasteiger partial charge in [-0.2, -0.15) is 19.9 Å². The number of hydrogen-bond donors (Lipinski definition) is 0. The van der Waals surface area contributed by atoms with Crippen LogP contribution in [0.25, 0.3) is 233 Å². The Balaban J connectivity index is 0.000000163. The molecular formula is C102H60N8O4. The van der Waals surface area contributed by atoms with E-state index >= 15 is 0 Å². The first-order valence-electron chi connectivity index (χ1n) is 52.3. The molecule has 24 aromatic rings. The van der Waals surface area contributed by atoms with Gasteiger partial charge in [-0.05, 0) is 106 Å². The van der Waals surface area contributed by atoms with E-state index in [0.29, 0.717) is 55.3 Å². The Kier molecular flexibility index (Phi) is 8.93. The maximum Gasteiger partial charge on any atom is 0.238 e. The van der Waals surface area contributed by atoms with Crippen LogP contribution in [-0.2, 0) is 0 Å². The molecule has 0 fully saturated rings. The van der Waals surface area contributed by atoms with Crippen molar-refractivity contribution in [3.05, 3.63) is 363 Å². The van der Waals surface area contributed by atoms with Gasteiger partial charge < -0.3 is 17.7 Å². The Bertz CT molecular complexity index is 10100. The van der Waals surface area contributed by atoms with Crippen LogP contribution in [0.3, 0.4) is 0 Å². The minimum absolute atomic E-state index is 0.00228. The molecule has 0 saturated heterocycles. The molecule has 24 rings (SSSR count). The van der Waals surface area contributed by atoms with Gasteiger partial charge in [0.15, 0.2) is 23.3 Å². The molecule has 0 amide bonds. The Hall–Kier alpha value is -15.7. The van der Waals surface area contributed by atoms with Crippen LogP contribution < -0.4 is 0 Å². The van der Waals surface area contributed by atoms with Crippen LogP contribution in [0.5, 0.6) is 0 Å². The van der Waals surface area contributed by atoms with Gasteiger partial charge in [-0.15, -0.1) is 0 Å². The van der Waals surface area contributed by atoms with E-state index in [9.17, 15) is 16.4 Å². The van der Waals surface area contributed by atoms with E-state index in [0.717, 1.165) is 4.57 Å². The Labute approximate surface area is 697 Å². The van der Waals surface area contributed by atoms with Crippen LogP contribution in [-0.4, -0.2) is 39.0 Å². The van der Waals surface area contributed by atoms with Crippen LogP contribution >= 0.6 is 0 Å². The minimum Gasteiger partial charge on any atom is -0.456 e. The maximum absolute atomic E-state index is 10.1. The van der Waals surface area contributed by atoms with E-state index in [-0.39, 0.29) is 163 Å². The highest BCUT2D eigenvalue weighted by molar-refractivity contribution is 6.31. The fourth-order valence-corrected chi connectivity index (χ4v) is 14.8. The van der Waals surface area contributed by atoms with Crippen molar-refractivity contribution in [2.24, 2.45) is 0 Å². The van der Waals surface area contributed by atoms with Gasteiger partial charge in [0.2, 0.25) is 11.9 Å². The highest BCUT2D eigenvalue weighted by atomic mass is 16.3. The summed E-state index contributed by atoms with van der Waals surface area (Å²) in [5, 5.41) is -0.164. The van der Waals surface area contributed by atoms with Gasteiger partial charge in [0.1, 0.15) is 44.7 Å². The topological polar surface area (TPSA) is 140 Å². The normalized spacial score (nSPS) is 16.0. The van der Waals surface area contributed by atoms with Crippen molar-refractivity contribution >= 4 is 131 Å². The van der Waals surface area contributed by atoms with Crippen molar-refractivity contribution in [2.45, 2.75) is 0 Å². The molecule has 532 valence electrons. The Morgan fingerprint density at radius 1 is 0.219 bits per heavy atom. The van der Waals surface area contributed by atoms with Crippen LogP contribution in [0.1, 0.15) is 46.6 Å². The summed E-state index contributed by atoms with van der Waals surface area (Å²) in [4.78, 5) is 29.1. The molecule has 8 heterocycles. The third-order valence-corrected chi connectivity index (χ3v) is 19.7. The quantitative estimate of drug-likeness (QED) is 0.130. The second kappa shape index (κ2) is 26.0. The number of benzene rings is 16. The standard InChI is InChI=1S/2C51H30N4O2/c1-4-15-31(16-5-1)35-23-14-26-43-45(35)38-28-27-34(29-44(38)56-43)50-52-49(33-19-8-3-9-20-33)53-51(54-50)55-40-24-12-10-21-36(40)46-41(55)30-39(32-17-6-2-7-18-32)48-47(46)37-22-11-13-25-42(37)57-48;1-4-14-31(15-5-1)35-21-13-25-42-45(35)38-27-26-34(30-44(38)56-42)50-52-49(33-18-8-3-9-19-33)53-51(54-50)55-40-24-11-10-20-37(40)46-41(55)28-29-43-47(46)39-23-12-22-36(48(39)57-43)32-16-6-2-7-17-32/h2*1-30H/i1D,4D,5D,10D,11D,12D,13D,15D,16D,21D,22D,24D,25D,30D;1D,4D,5D,10D,11D,12D,13D,14D,15D,20D,21D,22D,23D,24D,25D,26D,27D,28D,29D,30D. The van der Waals surface area contributed by atoms with Crippen molar-refractivity contribution in [3.63, 3.8) is 0 Å². The lowest BCUT2D eigenvalue weighted by molar-refractivity contribution is 0.668. The summed E-state index contributed by atoms with van der Waals surface area (Å²) in [6.45, 7) is 0. The molecule has 12 nitrogen and oxygen atoms in total. The lowest BCUT2D eigenvalue weighted by Gasteiger charge is -2.12. The number of aromatic nitrogens is 8. The van der Waals surface area contributed by atoms with Crippen molar-refractivity contribution < 1.29 is 64.3 Å². The molecule has 12 heteroatoms. The van der Waals surface area contributed by atoms with Crippen LogP contribution in [0.4, 0.5) is 0 Å². The van der Waals surface area contributed by atoms with Gasteiger partial charge in [-0.1, -0.05) is 291 Å². The van der Waals surface area contributed by atoms with Crippen molar-refractivity contribution in [3.8, 4) is 102 Å². The van der Waals surface area contributed by atoms with Gasteiger partial charge in [-0.3, -0.25) is 9.13 Å². The zero-order valence-corrected chi connectivity index (χ0v) is 58.2. The highest BCUT2D eigenvalue weighted by Gasteiger charge is 2.28. The fourth-order valence-electron chi connectivity index (χ4n) is 14.8. The molecule has 0 bridgehead atoms. The first-order chi connectivity index (χ1) is 70.7. The lowest BCUT2D eigenvalue weighted by atomic mass is 9.98. The summed E-state index contributed by atoms with van der Waals surface area (Å²) in [7, 11) is 0. The van der Waals surface area contributed by atoms with Crippen LogP contribution in [0.2, 0.25) is 0 Å². The van der Waals surface area contributed by atoms with Gasteiger partial charge >= 0.3 is 0 Å². The highest BCUT2D eigenvalue weighted by Crippen LogP contribution is 2.48. The van der Waals surface area contributed by atoms with E-state index in [2.05, 4.69) is 4.98 Å². The van der Waals surface area contributed by atoms with E-state index < -0.39 is 221 Å². The molecule has 114 heavy (non-hydrogen) atoms. The van der Waals surface area contributed by atoms with Crippen molar-refractivity contribution in [2.75, 3.05) is 0 Å². The zero-order valence-electron chi connectivity index (χ0n) is 92.2. The molecule has 16 aromatic carbocycles. The first-order valence-corrected chi connectivity index (χ1v) is 35.3. The number of fused-ring (bicyclic) bond motifs is 20. The summed E-state index contributed by atoms with van der Waals surface area (Å²) < 4.78 is 333. The predicted molar refractivity (Wildman–Crippen MR) is 461 cm³/mol. The smallest absolute Gasteiger partial charge is 0.238 e. The molecular weight excluding hydrogens is 1400 g/mol. The van der Waals surface area contributed by atoms with E-state index in [1.165, 1.54) is 4.57 Å². The van der Waals surface area contributed by atoms with Crippen LogP contribution in [0.15, 0.2) is 381 Å². The number of rotatable bonds is 10. The summed E-state index contributed by atoms with van der Waals surface area (Å²) in [6.07, 6.45) is 0. The van der Waals surface area contributed by atoms with E-state index in [1.54, 1.807) is 152 Å². The molecule has 0 aliphatic carbocycles. The van der Waals surface area contributed by atoms with Gasteiger partial charge in [0, 0.05) is 98.0 Å². The van der Waals surface area contributed by atoms with Crippen molar-refractivity contribution in [1.82, 2.24) is 39.0 Å². The third-order valence-electron chi connectivity index (χ3n) is 19.7. The van der Waals surface area contributed by atoms with Crippen molar-refractivity contribution in [1.29, 1.82) is 0 Å². The van der Waals surface area contributed by atoms with E-state index in [4.69, 9.17) is 72.7 Å². The first kappa shape index (κ1) is 39.1. The summed E-state index contributed by atoms with van der Waals surface area (Å²) in [6, 6.07) is 24.4. The molecule has 0 radical (unpaired) electrons. The zero-order chi connectivity index (χ0) is 104. The second-order valence-electron chi connectivity index (χ2n) is 26.1. The maximum atomic E-state index is 10.1. The monoisotopic (exact) mass is 1490 g/mol. The summed E-state index contributed by atoms with van der Waals surface area (Å²) in [5.74, 6) is -1.10. The Morgan fingerprint density at radius 3 is 1.39 bits per heavy atom. The molecule has 0 aliphatic heterocycles. The van der Waals surface area contributed by atoms with Gasteiger partial charge in [0.25, 0.3) is 0 Å². The minimum atomic E-state index is -0.778. The number of hydrogen-bond acceptors (Lipinski definition) is 10. The van der Waals surface area contributed by atoms with E-state index in [1.807, 2.05) is 6.07 Å². The summed E-state index contributed by atoms with van der Waals surface area (Å²) in [5.41, 5.74) is -0.350. The van der Waals surface area contributed by atoms with Gasteiger partial charge in [-0.25, -0.2) is 9.97 Å². The average Bonchev–Trinajstić information content (AvgIpc) is 1.51. The molecule has 0 atom stereocenters. The number of para-hydroxylation sites is 4. The molecule has 0 N–H and O–H groups in total. The van der Waals surface area contributed by atoms with Gasteiger partial charge in [0.05, 0.1) is 68.7 Å². The number of furan rings is 4. The lowest BCUT2D eigenvalue weighted by Crippen LogP contribution is -2.06. The molecule has 0 unspecified atom stereocenters. The second-order valence-corrected chi connectivity index (χ2v) is 26.1. The summed E-state index contributed by atoms with van der Waals surface area (Å²) >= 11 is 0. The average molecular weight is 1500 g/mol. The number of nitrogens with zero attached hydrogens (tertiary/aromatic N) is 8. The largest absolute Gasteiger partial charge is 0.456 e. The predicted octanol–water partition coefficient (Wildman–Crippen LogP) is 26.9. The fraction of sp³-hybridized carbons (Fsp3) is 0. The molecule has 0 saturated carbocycles. The third kappa shape index (κ3) is 10.4. The van der Waals surface area contributed by atoms with Crippen LogP contribution in [0, 0.1) is 0 Å².